The SMILES string of the molecule is Fc1cc(-c2nc(N3CCOCC3)c3sc(C(N4CCCCC4)N4CCCC4)cc3n2)c2cc[nH]c2c1. The van der Waals surface area contributed by atoms with Gasteiger partial charge in [-0.05, 0) is 63.0 Å². The van der Waals surface area contributed by atoms with Crippen LogP contribution in [0.3, 0.4) is 0 Å². The van der Waals surface area contributed by atoms with Crippen molar-refractivity contribution in [3.05, 3.63) is 41.2 Å². The van der Waals surface area contributed by atoms with E-state index < -0.39 is 0 Å². The van der Waals surface area contributed by atoms with Crippen molar-refractivity contribution in [1.82, 2.24) is 24.8 Å². The molecule has 3 aliphatic heterocycles. The molecule has 0 aliphatic carbocycles. The van der Waals surface area contributed by atoms with Gasteiger partial charge in [0.05, 0.1) is 29.6 Å². The third kappa shape index (κ3) is 4.41. The first-order valence-electron chi connectivity index (χ1n) is 13.6. The second kappa shape index (κ2) is 9.94. The zero-order valence-electron chi connectivity index (χ0n) is 21.1. The number of anilines is 1. The molecule has 1 N–H and O–H groups in total. The van der Waals surface area contributed by atoms with Crippen molar-refractivity contribution in [3.63, 3.8) is 0 Å². The van der Waals surface area contributed by atoms with Crippen LogP contribution in [-0.2, 0) is 4.74 Å². The molecule has 3 aromatic heterocycles. The van der Waals surface area contributed by atoms with Crippen molar-refractivity contribution in [3.8, 4) is 11.4 Å². The predicted molar refractivity (Wildman–Crippen MR) is 147 cm³/mol. The number of benzene rings is 1. The average molecular weight is 521 g/mol. The number of fused-ring (bicyclic) bond motifs is 2. The van der Waals surface area contributed by atoms with Gasteiger partial charge in [-0.3, -0.25) is 9.80 Å². The zero-order chi connectivity index (χ0) is 24.8. The molecule has 4 aromatic rings. The smallest absolute Gasteiger partial charge is 0.163 e. The van der Waals surface area contributed by atoms with Crippen LogP contribution in [0.15, 0.2) is 30.5 Å². The van der Waals surface area contributed by atoms with Gasteiger partial charge < -0.3 is 14.6 Å². The van der Waals surface area contributed by atoms with Gasteiger partial charge in [-0.25, -0.2) is 14.4 Å². The van der Waals surface area contributed by atoms with Crippen molar-refractivity contribution in [2.24, 2.45) is 0 Å². The van der Waals surface area contributed by atoms with E-state index >= 15 is 0 Å². The number of morpholine rings is 1. The number of thiophene rings is 1. The molecule has 3 aliphatic rings. The Hall–Kier alpha value is -2.59. The molecule has 3 fully saturated rings. The molecule has 1 aromatic carbocycles. The van der Waals surface area contributed by atoms with E-state index in [9.17, 15) is 4.39 Å². The molecule has 0 saturated carbocycles. The molecular weight excluding hydrogens is 487 g/mol. The number of hydrogen-bond donors (Lipinski definition) is 1. The Labute approximate surface area is 220 Å². The number of piperidine rings is 1. The molecule has 1 unspecified atom stereocenters. The highest BCUT2D eigenvalue weighted by atomic mass is 32.1. The first-order chi connectivity index (χ1) is 18.2. The first-order valence-corrected chi connectivity index (χ1v) is 14.5. The quantitative estimate of drug-likeness (QED) is 0.381. The normalized spacial score (nSPS) is 20.8. The molecule has 6 heterocycles. The zero-order valence-corrected chi connectivity index (χ0v) is 21.9. The molecule has 194 valence electrons. The Morgan fingerprint density at radius 3 is 2.38 bits per heavy atom. The van der Waals surface area contributed by atoms with Crippen molar-refractivity contribution in [1.29, 1.82) is 0 Å². The number of ether oxygens (including phenoxy) is 1. The van der Waals surface area contributed by atoms with E-state index in [0.717, 1.165) is 71.8 Å². The Morgan fingerprint density at radius 2 is 1.62 bits per heavy atom. The standard InChI is InChI=1S/C28H33FN6OS/c29-19-16-21(20-6-7-30-22(20)17-19)26-31-23-18-24(37-25(23)27(32-26)33-12-14-36-15-13-33)28(35-10-4-5-11-35)34-8-2-1-3-9-34/h6-7,16-18,28,30H,1-5,8-15H2. The number of nitrogens with zero attached hydrogens (tertiary/aromatic N) is 5. The maximum atomic E-state index is 14.6. The van der Waals surface area contributed by atoms with Crippen molar-refractivity contribution >= 4 is 38.3 Å². The van der Waals surface area contributed by atoms with Crippen LogP contribution in [0.25, 0.3) is 32.5 Å². The molecule has 0 amide bonds. The van der Waals surface area contributed by atoms with Crippen LogP contribution in [-0.4, -0.2) is 77.2 Å². The average Bonchev–Trinajstić information content (AvgIpc) is 3.70. The molecule has 0 bridgehead atoms. The van der Waals surface area contributed by atoms with Gasteiger partial charge in [0.15, 0.2) is 11.6 Å². The van der Waals surface area contributed by atoms with Gasteiger partial charge in [0.25, 0.3) is 0 Å². The first kappa shape index (κ1) is 23.5. The predicted octanol–water partition coefficient (Wildman–Crippen LogP) is 5.40. The molecule has 9 heteroatoms. The van der Waals surface area contributed by atoms with Gasteiger partial charge in [-0.1, -0.05) is 6.42 Å². The lowest BCUT2D eigenvalue weighted by atomic mass is 10.1. The molecule has 0 radical (unpaired) electrons. The van der Waals surface area contributed by atoms with E-state index in [1.165, 1.54) is 43.0 Å². The van der Waals surface area contributed by atoms with Crippen LogP contribution < -0.4 is 4.90 Å². The minimum Gasteiger partial charge on any atom is -0.378 e. The number of aromatic amines is 1. The number of halogens is 1. The van der Waals surface area contributed by atoms with Crippen LogP contribution in [0.5, 0.6) is 0 Å². The lowest BCUT2D eigenvalue weighted by Gasteiger charge is -2.39. The third-order valence-corrected chi connectivity index (χ3v) is 9.20. The topological polar surface area (TPSA) is 60.5 Å². The molecule has 7 rings (SSSR count). The number of rotatable bonds is 5. The van der Waals surface area contributed by atoms with Crippen molar-refractivity contribution in [2.45, 2.75) is 38.3 Å². The Kier molecular flexibility index (Phi) is 6.32. The van der Waals surface area contributed by atoms with Crippen LogP contribution in [0.2, 0.25) is 0 Å². The summed E-state index contributed by atoms with van der Waals surface area (Å²) in [4.78, 5) is 22.3. The maximum absolute atomic E-state index is 14.6. The molecule has 1 atom stereocenters. The number of aromatic nitrogens is 3. The Morgan fingerprint density at radius 1 is 0.892 bits per heavy atom. The van der Waals surface area contributed by atoms with E-state index in [2.05, 4.69) is 25.8 Å². The minimum absolute atomic E-state index is 0.285. The summed E-state index contributed by atoms with van der Waals surface area (Å²) in [5.74, 6) is 1.25. The number of hydrogen-bond acceptors (Lipinski definition) is 7. The van der Waals surface area contributed by atoms with E-state index in [0.29, 0.717) is 25.2 Å². The van der Waals surface area contributed by atoms with E-state index in [4.69, 9.17) is 14.7 Å². The van der Waals surface area contributed by atoms with Gasteiger partial charge in [-0.2, -0.15) is 0 Å². The van der Waals surface area contributed by atoms with Gasteiger partial charge in [0.1, 0.15) is 5.82 Å². The molecular formula is C28H33FN6OS. The molecule has 7 nitrogen and oxygen atoms in total. The third-order valence-electron chi connectivity index (χ3n) is 8.04. The van der Waals surface area contributed by atoms with Gasteiger partial charge in [0, 0.05) is 53.7 Å². The molecule has 37 heavy (non-hydrogen) atoms. The fourth-order valence-corrected chi connectivity index (χ4v) is 7.51. The maximum Gasteiger partial charge on any atom is 0.163 e. The number of nitrogens with one attached hydrogen (secondary N) is 1. The summed E-state index contributed by atoms with van der Waals surface area (Å²) in [6, 6.07) is 7.36. The van der Waals surface area contributed by atoms with Crippen LogP contribution in [0, 0.1) is 5.82 Å². The lowest BCUT2D eigenvalue weighted by molar-refractivity contribution is 0.0457. The highest BCUT2D eigenvalue weighted by Crippen LogP contribution is 2.41. The highest BCUT2D eigenvalue weighted by Gasteiger charge is 2.32. The summed E-state index contributed by atoms with van der Waals surface area (Å²) in [7, 11) is 0. The number of likely N-dealkylation sites (tertiary alicyclic amines) is 2. The Balaban J connectivity index is 1.39. The van der Waals surface area contributed by atoms with Gasteiger partial charge in [-0.15, -0.1) is 11.3 Å². The summed E-state index contributed by atoms with van der Waals surface area (Å²) >= 11 is 1.85. The van der Waals surface area contributed by atoms with Crippen molar-refractivity contribution < 1.29 is 9.13 Å². The summed E-state index contributed by atoms with van der Waals surface area (Å²) in [6.07, 6.45) is 8.54. The molecule has 3 saturated heterocycles. The van der Waals surface area contributed by atoms with Crippen LogP contribution in [0.1, 0.15) is 43.1 Å². The monoisotopic (exact) mass is 520 g/mol. The van der Waals surface area contributed by atoms with Gasteiger partial charge in [0.2, 0.25) is 0 Å². The van der Waals surface area contributed by atoms with E-state index in [-0.39, 0.29) is 5.82 Å². The highest BCUT2D eigenvalue weighted by molar-refractivity contribution is 7.19. The second-order valence-corrected chi connectivity index (χ2v) is 11.5. The van der Waals surface area contributed by atoms with Crippen LogP contribution in [0.4, 0.5) is 10.2 Å². The fourth-order valence-electron chi connectivity index (χ4n) is 6.23. The molecule has 0 spiro atoms. The Bertz CT molecular complexity index is 1400. The number of H-pyrrole nitrogens is 1. The van der Waals surface area contributed by atoms with E-state index in [1.807, 2.05) is 23.6 Å². The van der Waals surface area contributed by atoms with E-state index in [1.54, 1.807) is 6.07 Å². The lowest BCUT2D eigenvalue weighted by Crippen LogP contribution is -2.42. The minimum atomic E-state index is -0.285. The fraction of sp³-hybridized carbons (Fsp3) is 0.500. The summed E-state index contributed by atoms with van der Waals surface area (Å²) < 4.78 is 21.4. The summed E-state index contributed by atoms with van der Waals surface area (Å²) in [5, 5.41) is 0.937. The second-order valence-electron chi connectivity index (χ2n) is 10.4. The largest absolute Gasteiger partial charge is 0.378 e. The van der Waals surface area contributed by atoms with Crippen molar-refractivity contribution in [2.75, 3.05) is 57.4 Å². The summed E-state index contributed by atoms with van der Waals surface area (Å²) in [6.45, 7) is 7.56. The summed E-state index contributed by atoms with van der Waals surface area (Å²) in [5.41, 5.74) is 2.45. The van der Waals surface area contributed by atoms with Crippen LogP contribution >= 0.6 is 11.3 Å². The van der Waals surface area contributed by atoms with Gasteiger partial charge >= 0.3 is 0 Å².